The van der Waals surface area contributed by atoms with Gasteiger partial charge in [-0.1, -0.05) is 20.8 Å². The second-order valence-corrected chi connectivity index (χ2v) is 7.61. The molecule has 0 saturated heterocycles. The molecule has 0 aliphatic carbocycles. The van der Waals surface area contributed by atoms with Gasteiger partial charge < -0.3 is 9.30 Å². The van der Waals surface area contributed by atoms with E-state index in [-0.39, 0.29) is 22.6 Å². The lowest BCUT2D eigenvalue weighted by Crippen LogP contribution is -2.22. The molecule has 0 aliphatic rings. The largest absolute Gasteiger partial charge is 0.458 e. The maximum Gasteiger partial charge on any atom is 0.355 e. The van der Waals surface area contributed by atoms with Crippen LogP contribution in [-0.4, -0.2) is 25.1 Å². The van der Waals surface area contributed by atoms with Crippen LogP contribution in [0, 0.1) is 5.92 Å². The Morgan fingerprint density at radius 1 is 1.40 bits per heavy atom. The number of nitrogens with zero attached hydrogens (tertiary/aromatic N) is 1. The zero-order chi connectivity index (χ0) is 15.5. The van der Waals surface area contributed by atoms with Gasteiger partial charge in [-0.15, -0.1) is 0 Å². The van der Waals surface area contributed by atoms with Gasteiger partial charge in [-0.25, -0.2) is 13.2 Å². The van der Waals surface area contributed by atoms with Crippen LogP contribution in [0.3, 0.4) is 0 Å². The van der Waals surface area contributed by atoms with Crippen LogP contribution in [0.15, 0.2) is 17.2 Å². The van der Waals surface area contributed by atoms with E-state index in [2.05, 4.69) is 0 Å². The van der Waals surface area contributed by atoms with Crippen LogP contribution in [-0.2, 0) is 20.3 Å². The normalized spacial score (nSPS) is 13.5. The van der Waals surface area contributed by atoms with Gasteiger partial charge in [-0.05, 0) is 25.3 Å². The van der Waals surface area contributed by atoms with Crippen LogP contribution in [0.4, 0.5) is 0 Å². The smallest absolute Gasteiger partial charge is 0.355 e. The summed E-state index contributed by atoms with van der Waals surface area (Å²) in [5.41, 5.74) is 0.207. The summed E-state index contributed by atoms with van der Waals surface area (Å²) >= 11 is 0. The number of aromatic nitrogens is 1. The predicted molar refractivity (Wildman–Crippen MR) is 77.5 cm³/mol. The Balaban J connectivity index is 3.09. The van der Waals surface area contributed by atoms with Crippen LogP contribution in [0.2, 0.25) is 0 Å². The van der Waals surface area contributed by atoms with E-state index in [1.54, 1.807) is 11.5 Å². The van der Waals surface area contributed by atoms with Gasteiger partial charge in [0, 0.05) is 23.4 Å². The molecular weight excluding hydrogens is 302 g/mol. The molecule has 0 N–H and O–H groups in total. The molecule has 1 heterocycles. The number of rotatable bonds is 6. The summed E-state index contributed by atoms with van der Waals surface area (Å²) in [6.45, 7) is 8.14. The maximum atomic E-state index is 12.1. The Bertz CT molecular complexity index is 577. The highest BCUT2D eigenvalue weighted by molar-refractivity contribution is 8.13. The van der Waals surface area contributed by atoms with Gasteiger partial charge in [0.25, 0.3) is 9.05 Å². The monoisotopic (exact) mass is 321 g/mol. The summed E-state index contributed by atoms with van der Waals surface area (Å²) in [5.74, 6) is -0.351. The van der Waals surface area contributed by atoms with E-state index in [1.807, 2.05) is 20.8 Å². The Hall–Kier alpha value is -1.01. The molecule has 0 aromatic carbocycles. The van der Waals surface area contributed by atoms with Gasteiger partial charge in [0.1, 0.15) is 16.7 Å². The van der Waals surface area contributed by atoms with Crippen molar-refractivity contribution in [1.82, 2.24) is 4.57 Å². The van der Waals surface area contributed by atoms with Crippen molar-refractivity contribution in [2.24, 2.45) is 5.92 Å². The number of carbonyl (C=O) groups excluding carboxylic acids is 1. The molecule has 1 unspecified atom stereocenters. The van der Waals surface area contributed by atoms with E-state index in [9.17, 15) is 13.2 Å². The minimum atomic E-state index is -3.86. The topological polar surface area (TPSA) is 65.4 Å². The molecule has 1 rings (SSSR count). The fourth-order valence-corrected chi connectivity index (χ4v) is 2.34. The summed E-state index contributed by atoms with van der Waals surface area (Å²) < 4.78 is 29.6. The molecular formula is C13H20ClNO4S. The van der Waals surface area contributed by atoms with E-state index in [1.165, 1.54) is 12.3 Å². The third-order valence-corrected chi connectivity index (χ3v) is 4.38. The van der Waals surface area contributed by atoms with Crippen LogP contribution in [0.5, 0.6) is 0 Å². The zero-order valence-corrected chi connectivity index (χ0v) is 13.7. The molecule has 0 aliphatic heterocycles. The van der Waals surface area contributed by atoms with E-state index in [0.29, 0.717) is 6.54 Å². The number of aryl methyl sites for hydroxylation is 1. The van der Waals surface area contributed by atoms with Crippen molar-refractivity contribution in [1.29, 1.82) is 0 Å². The second-order valence-electron chi connectivity index (χ2n) is 5.05. The Kier molecular flexibility index (Phi) is 5.65. The molecule has 20 heavy (non-hydrogen) atoms. The number of hydrogen-bond acceptors (Lipinski definition) is 4. The summed E-state index contributed by atoms with van der Waals surface area (Å²) in [6, 6.07) is 1.26. The average Bonchev–Trinajstić information content (AvgIpc) is 2.73. The highest BCUT2D eigenvalue weighted by Gasteiger charge is 2.22. The van der Waals surface area contributed by atoms with Crippen LogP contribution in [0.1, 0.15) is 44.6 Å². The molecule has 0 spiro atoms. The summed E-state index contributed by atoms with van der Waals surface area (Å²) in [7, 11) is 1.45. The zero-order valence-electron chi connectivity index (χ0n) is 12.1. The van der Waals surface area contributed by atoms with Crippen molar-refractivity contribution in [3.8, 4) is 0 Å². The Morgan fingerprint density at radius 2 is 2.00 bits per heavy atom. The third kappa shape index (κ3) is 4.24. The molecule has 0 radical (unpaired) electrons. The van der Waals surface area contributed by atoms with Crippen LogP contribution in [0.25, 0.3) is 0 Å². The maximum absolute atomic E-state index is 12.1. The molecule has 0 amide bonds. The average molecular weight is 322 g/mol. The lowest BCUT2D eigenvalue weighted by molar-refractivity contribution is 0.0225. The predicted octanol–water partition coefficient (Wildman–Crippen LogP) is 3.03. The van der Waals surface area contributed by atoms with E-state index in [0.717, 1.165) is 6.42 Å². The Morgan fingerprint density at radius 3 is 2.45 bits per heavy atom. The molecule has 1 aromatic rings. The van der Waals surface area contributed by atoms with E-state index in [4.69, 9.17) is 15.4 Å². The van der Waals surface area contributed by atoms with Gasteiger partial charge in [0.2, 0.25) is 0 Å². The molecule has 1 aromatic heterocycles. The fraction of sp³-hybridized carbons (Fsp3) is 0.615. The van der Waals surface area contributed by atoms with Crippen molar-refractivity contribution < 1.29 is 17.9 Å². The standard InChI is InChI=1S/C13H20ClNO4S/c1-5-6-15-8-11(20(14,17)18)7-12(15)13(16)19-10(4)9(2)3/h7-10H,5-6H2,1-4H3. The number of halogens is 1. The number of carbonyl (C=O) groups is 1. The molecule has 5 nitrogen and oxygen atoms in total. The third-order valence-electron chi connectivity index (χ3n) is 3.06. The first-order chi connectivity index (χ1) is 9.16. The van der Waals surface area contributed by atoms with Gasteiger partial charge in [-0.3, -0.25) is 0 Å². The lowest BCUT2D eigenvalue weighted by atomic mass is 10.1. The molecule has 1 atom stereocenters. The molecule has 114 valence electrons. The van der Waals surface area contributed by atoms with Gasteiger partial charge >= 0.3 is 5.97 Å². The highest BCUT2D eigenvalue weighted by Crippen LogP contribution is 2.20. The first kappa shape index (κ1) is 17.0. The first-order valence-electron chi connectivity index (χ1n) is 6.52. The van der Waals surface area contributed by atoms with Crippen molar-refractivity contribution in [2.75, 3.05) is 0 Å². The van der Waals surface area contributed by atoms with Crippen molar-refractivity contribution >= 4 is 25.7 Å². The van der Waals surface area contributed by atoms with Gasteiger partial charge in [0.15, 0.2) is 0 Å². The SMILES string of the molecule is CCCn1cc(S(=O)(=O)Cl)cc1C(=O)OC(C)C(C)C. The van der Waals surface area contributed by atoms with Gasteiger partial charge in [-0.2, -0.15) is 0 Å². The number of ether oxygens (including phenoxy) is 1. The first-order valence-corrected chi connectivity index (χ1v) is 8.83. The number of hydrogen-bond donors (Lipinski definition) is 0. The Labute approximate surface area is 124 Å². The number of esters is 1. The summed E-state index contributed by atoms with van der Waals surface area (Å²) in [6.07, 6.45) is 1.88. The second kappa shape index (κ2) is 6.63. The van der Waals surface area contributed by atoms with E-state index < -0.39 is 15.0 Å². The summed E-state index contributed by atoms with van der Waals surface area (Å²) in [4.78, 5) is 12.0. The van der Waals surface area contributed by atoms with Crippen molar-refractivity contribution in [2.45, 2.75) is 51.7 Å². The molecule has 0 fully saturated rings. The lowest BCUT2D eigenvalue weighted by Gasteiger charge is -2.17. The van der Waals surface area contributed by atoms with Gasteiger partial charge in [0.05, 0.1) is 0 Å². The van der Waals surface area contributed by atoms with Crippen LogP contribution < -0.4 is 0 Å². The van der Waals surface area contributed by atoms with Crippen molar-refractivity contribution in [3.63, 3.8) is 0 Å². The molecule has 7 heteroatoms. The fourth-order valence-electron chi connectivity index (χ4n) is 1.58. The molecule has 0 saturated carbocycles. The van der Waals surface area contributed by atoms with Crippen LogP contribution >= 0.6 is 10.7 Å². The molecule has 0 bridgehead atoms. The minimum absolute atomic E-state index is 0.0863. The van der Waals surface area contributed by atoms with Crippen molar-refractivity contribution in [3.05, 3.63) is 18.0 Å². The minimum Gasteiger partial charge on any atom is -0.458 e. The van der Waals surface area contributed by atoms with E-state index >= 15 is 0 Å². The summed E-state index contributed by atoms with van der Waals surface area (Å²) in [5, 5.41) is 0. The quantitative estimate of drug-likeness (QED) is 0.596. The highest BCUT2D eigenvalue weighted by atomic mass is 35.7.